The first-order valence-electron chi connectivity index (χ1n) is 18.7. The third kappa shape index (κ3) is 8.18. The largest absolute Gasteiger partial charge is 0.0829 e. The predicted octanol–water partition coefficient (Wildman–Crippen LogP) is 13.8. The average molecular weight is 691 g/mol. The summed E-state index contributed by atoms with van der Waals surface area (Å²) in [5, 5.41) is 7.01. The summed E-state index contributed by atoms with van der Waals surface area (Å²) >= 11 is 0. The molecule has 1 aliphatic rings. The van der Waals surface area contributed by atoms with Crippen molar-refractivity contribution in [3.05, 3.63) is 57.6 Å². The lowest BCUT2D eigenvalue weighted by atomic mass is 9.75. The van der Waals surface area contributed by atoms with Gasteiger partial charge in [0.05, 0.1) is 0 Å². The number of benzene rings is 2. The van der Waals surface area contributed by atoms with Gasteiger partial charge in [-0.15, -0.1) is 0 Å². The van der Waals surface area contributed by atoms with Crippen LogP contribution in [0, 0.1) is 10.8 Å². The Morgan fingerprint density at radius 1 is 0.292 bits per heavy atom. The van der Waals surface area contributed by atoms with Gasteiger partial charge in [0.1, 0.15) is 0 Å². The molecule has 0 spiro atoms. The van der Waals surface area contributed by atoms with Crippen molar-refractivity contribution in [2.45, 2.75) is 199 Å². The van der Waals surface area contributed by atoms with Crippen LogP contribution in [0.4, 0.5) is 0 Å². The van der Waals surface area contributed by atoms with Gasteiger partial charge in [0.25, 0.3) is 0 Å². The quantitative estimate of drug-likeness (QED) is 0.275. The molecule has 2 heteroatoms. The molecule has 0 saturated carbocycles. The smallest absolute Gasteiger partial charge is 0.00598 e. The van der Waals surface area contributed by atoms with E-state index in [1.54, 1.807) is 32.9 Å². The second kappa shape index (κ2) is 12.3. The molecule has 0 aliphatic carbocycles. The van der Waals surface area contributed by atoms with E-state index < -0.39 is 15.1 Å². The Labute approximate surface area is 301 Å². The molecule has 0 nitrogen and oxygen atoms in total. The summed E-state index contributed by atoms with van der Waals surface area (Å²) in [6.45, 7) is 59.0. The van der Waals surface area contributed by atoms with Crippen LogP contribution in [-0.4, -0.2) is 10.1 Å². The van der Waals surface area contributed by atoms with Crippen LogP contribution in [0.25, 0.3) is 0 Å². The van der Waals surface area contributed by atoms with Crippen molar-refractivity contribution in [3.8, 4) is 0 Å². The molecule has 3 rings (SSSR count). The lowest BCUT2D eigenvalue weighted by Crippen LogP contribution is -2.43. The number of hydrogen-bond donors (Lipinski definition) is 0. The first-order chi connectivity index (χ1) is 20.9. The van der Waals surface area contributed by atoms with Crippen LogP contribution in [0.15, 0.2) is 24.3 Å². The first-order valence-corrected chi connectivity index (χ1v) is 21.3. The monoisotopic (exact) mass is 691 g/mol. The van der Waals surface area contributed by atoms with Crippen LogP contribution in [0.5, 0.6) is 0 Å². The van der Waals surface area contributed by atoms with E-state index in [0.717, 1.165) is 0 Å². The fourth-order valence-corrected chi connectivity index (χ4v) is 16.8. The molecule has 270 valence electrons. The molecule has 0 amide bonds. The summed E-state index contributed by atoms with van der Waals surface area (Å²) in [4.78, 5) is 0. The summed E-state index contributed by atoms with van der Waals surface area (Å²) in [6, 6.07) is 10.5. The number of hydrogen-bond acceptors (Lipinski definition) is 0. The minimum atomic E-state index is -0.642. The van der Waals surface area contributed by atoms with E-state index >= 15 is 0 Å². The van der Waals surface area contributed by atoms with Crippen LogP contribution in [-0.2, 0) is 32.5 Å². The average Bonchev–Trinajstić information content (AvgIpc) is 2.77. The fourth-order valence-electron chi connectivity index (χ4n) is 7.02. The molecule has 0 aromatic heterocycles. The normalized spacial score (nSPS) is 18.4. The molecule has 0 unspecified atom stereocenters. The summed E-state index contributed by atoms with van der Waals surface area (Å²) in [5.41, 5.74) is 9.67. The Bertz CT molecular complexity index is 1540. The molecule has 48 heavy (non-hydrogen) atoms. The van der Waals surface area contributed by atoms with Crippen molar-refractivity contribution in [2.75, 3.05) is 0 Å². The summed E-state index contributed by atoms with van der Waals surface area (Å²) < 4.78 is 0. The van der Waals surface area contributed by atoms with Gasteiger partial charge in [-0.1, -0.05) is 198 Å². The third-order valence-electron chi connectivity index (χ3n) is 9.82. The van der Waals surface area contributed by atoms with Crippen molar-refractivity contribution in [2.24, 2.45) is 10.8 Å². The van der Waals surface area contributed by atoms with Gasteiger partial charge in [-0.25, -0.2) is 0 Å². The van der Waals surface area contributed by atoms with E-state index in [2.05, 4.69) is 190 Å². The summed E-state index contributed by atoms with van der Waals surface area (Å²) in [5.74, 6) is 0. The van der Waals surface area contributed by atoms with Gasteiger partial charge in [0, 0.05) is 5.30 Å². The second-order valence-corrected chi connectivity index (χ2v) is 27.9. The van der Waals surface area contributed by atoms with Gasteiger partial charge >= 0.3 is 0 Å². The van der Waals surface area contributed by atoms with Gasteiger partial charge in [-0.2, -0.15) is 0 Å². The first kappa shape index (κ1) is 41.3. The predicted molar refractivity (Wildman–Crippen MR) is 227 cm³/mol. The van der Waals surface area contributed by atoms with E-state index in [4.69, 9.17) is 0 Å². The van der Waals surface area contributed by atoms with Crippen LogP contribution >= 0.6 is 15.1 Å². The molecule has 2 aromatic carbocycles. The molecule has 1 aliphatic heterocycles. The van der Waals surface area contributed by atoms with E-state index in [1.165, 1.54) is 11.1 Å². The minimum absolute atomic E-state index is 0.0325. The van der Waals surface area contributed by atoms with E-state index in [0.29, 0.717) is 0 Å². The van der Waals surface area contributed by atoms with Crippen molar-refractivity contribution in [3.63, 3.8) is 0 Å². The molecule has 0 fully saturated rings. The maximum absolute atomic E-state index is 2.62. The van der Waals surface area contributed by atoms with Crippen LogP contribution < -0.4 is 10.6 Å². The van der Waals surface area contributed by atoms with Crippen molar-refractivity contribution in [1.29, 1.82) is 0 Å². The second-order valence-electron chi connectivity index (χ2n) is 23.2. The lowest BCUT2D eigenvalue weighted by Gasteiger charge is -2.50. The van der Waals surface area contributed by atoms with E-state index in [9.17, 15) is 0 Å². The zero-order chi connectivity index (χ0) is 37.8. The highest BCUT2D eigenvalue weighted by atomic mass is 31.2. The van der Waals surface area contributed by atoms with Crippen molar-refractivity contribution < 1.29 is 0 Å². The highest BCUT2D eigenvalue weighted by Crippen LogP contribution is 2.66. The Balaban J connectivity index is 2.81. The van der Waals surface area contributed by atoms with Gasteiger partial charge in [0.15, 0.2) is 0 Å². The standard InChI is InChI=1S/C46H76P2/c1-39(2,3)29-25-31(41(7,8)9)35(32(26-29)42(10,11)12)47-37(45(19,20)21)48(38(47)46(22,23)24)36-33(43(13,14)15)27-30(40(4,5)6)28-34(36)44(16,17)18/h25-28H,1-24H3. The van der Waals surface area contributed by atoms with Crippen LogP contribution in [0.3, 0.4) is 0 Å². The Morgan fingerprint density at radius 2 is 0.521 bits per heavy atom. The lowest BCUT2D eigenvalue weighted by molar-refractivity contribution is 0.553. The molecule has 0 atom stereocenters. The Kier molecular flexibility index (Phi) is 10.6. The summed E-state index contributed by atoms with van der Waals surface area (Å²) in [6.07, 6.45) is 0. The highest BCUT2D eigenvalue weighted by molar-refractivity contribution is 8.19. The minimum Gasteiger partial charge on any atom is -0.0829 e. The van der Waals surface area contributed by atoms with Crippen LogP contribution in [0.2, 0.25) is 0 Å². The van der Waals surface area contributed by atoms with E-state index in [1.807, 2.05) is 10.1 Å². The zero-order valence-electron chi connectivity index (χ0n) is 36.2. The molecule has 0 bridgehead atoms. The number of rotatable bonds is 2. The summed E-state index contributed by atoms with van der Waals surface area (Å²) in [7, 11) is -1.28. The van der Waals surface area contributed by atoms with Crippen molar-refractivity contribution in [1.82, 2.24) is 0 Å². The maximum atomic E-state index is 2.62. The molecule has 2 aromatic rings. The molecular formula is C46H76P2. The van der Waals surface area contributed by atoms with Gasteiger partial charge in [-0.3, -0.25) is 0 Å². The van der Waals surface area contributed by atoms with Crippen molar-refractivity contribution >= 4 is 35.8 Å². The molecule has 0 N–H and O–H groups in total. The third-order valence-corrected chi connectivity index (χ3v) is 18.5. The van der Waals surface area contributed by atoms with Crippen LogP contribution in [0.1, 0.15) is 200 Å². The highest BCUT2D eigenvalue weighted by Gasteiger charge is 2.48. The van der Waals surface area contributed by atoms with E-state index in [-0.39, 0.29) is 43.3 Å². The molecule has 0 radical (unpaired) electrons. The van der Waals surface area contributed by atoms with Gasteiger partial charge in [0.2, 0.25) is 0 Å². The topological polar surface area (TPSA) is 0 Å². The zero-order valence-corrected chi connectivity index (χ0v) is 38.0. The SMILES string of the molecule is CC(C)(C)C1=P(c2c(C(C)(C)C)cc(C(C)(C)C)cc2C(C)(C)C)=C(C(C)(C)C)P1c1c(C(C)(C)C)cc(C(C)(C)C)cc1C(C)(C)C. The molecule has 1 heterocycles. The fraction of sp³-hybridized carbons (Fsp3) is 0.696. The molecule has 0 saturated heterocycles. The Hall–Kier alpha value is -1.09. The maximum Gasteiger partial charge on any atom is 0.00598 e. The molecular weight excluding hydrogens is 614 g/mol. The Morgan fingerprint density at radius 3 is 0.708 bits per heavy atom. The van der Waals surface area contributed by atoms with Gasteiger partial charge in [-0.05, 0) is 100.0 Å². The van der Waals surface area contributed by atoms with Gasteiger partial charge < -0.3 is 0 Å².